The molecule has 1 unspecified atom stereocenters. The summed E-state index contributed by atoms with van der Waals surface area (Å²) in [5, 5.41) is 10.3. The van der Waals surface area contributed by atoms with Crippen LogP contribution in [0.2, 0.25) is 5.02 Å². The van der Waals surface area contributed by atoms with Crippen molar-refractivity contribution in [2.75, 3.05) is 11.4 Å². The maximum Gasteiger partial charge on any atom is 0.0762 e. The number of halogens is 1. The largest absolute Gasteiger partial charge is 0.389 e. The van der Waals surface area contributed by atoms with Crippen molar-refractivity contribution in [3.05, 3.63) is 64.2 Å². The lowest BCUT2D eigenvalue weighted by atomic mass is 9.99. The SMILES string of the molecule is CC(O)c1ccc(N2CCc3ccccc3C2)c(Cl)c1. The van der Waals surface area contributed by atoms with Crippen LogP contribution in [-0.4, -0.2) is 11.7 Å². The zero-order valence-corrected chi connectivity index (χ0v) is 12.3. The second kappa shape index (κ2) is 5.47. The van der Waals surface area contributed by atoms with Crippen molar-refractivity contribution in [2.45, 2.75) is 26.0 Å². The highest BCUT2D eigenvalue weighted by Crippen LogP contribution is 2.32. The number of nitrogens with zero attached hydrogens (tertiary/aromatic N) is 1. The fourth-order valence-corrected chi connectivity index (χ4v) is 3.05. The van der Waals surface area contributed by atoms with Crippen molar-refractivity contribution in [2.24, 2.45) is 0 Å². The van der Waals surface area contributed by atoms with E-state index in [-0.39, 0.29) is 0 Å². The molecule has 0 aliphatic carbocycles. The minimum absolute atomic E-state index is 0.483. The molecule has 0 amide bonds. The van der Waals surface area contributed by atoms with Crippen molar-refractivity contribution in [1.29, 1.82) is 0 Å². The molecule has 104 valence electrons. The average Bonchev–Trinajstić information content (AvgIpc) is 2.46. The molecule has 3 rings (SSSR count). The zero-order chi connectivity index (χ0) is 14.1. The number of rotatable bonds is 2. The normalized spacial score (nSPS) is 15.8. The molecule has 2 aromatic rings. The van der Waals surface area contributed by atoms with E-state index in [9.17, 15) is 5.11 Å². The Morgan fingerprint density at radius 1 is 1.15 bits per heavy atom. The molecule has 0 fully saturated rings. The Balaban J connectivity index is 1.88. The zero-order valence-electron chi connectivity index (χ0n) is 11.5. The van der Waals surface area contributed by atoms with Crippen molar-refractivity contribution in [3.8, 4) is 0 Å². The monoisotopic (exact) mass is 287 g/mol. The second-order valence-electron chi connectivity index (χ2n) is 5.33. The van der Waals surface area contributed by atoms with Crippen molar-refractivity contribution in [3.63, 3.8) is 0 Å². The summed E-state index contributed by atoms with van der Waals surface area (Å²) in [5.74, 6) is 0. The van der Waals surface area contributed by atoms with Gasteiger partial charge in [0.25, 0.3) is 0 Å². The number of benzene rings is 2. The van der Waals surface area contributed by atoms with Crippen molar-refractivity contribution in [1.82, 2.24) is 0 Å². The fourth-order valence-electron chi connectivity index (χ4n) is 2.74. The van der Waals surface area contributed by atoms with E-state index in [2.05, 4.69) is 29.2 Å². The van der Waals surface area contributed by atoms with Gasteiger partial charge in [0.05, 0.1) is 16.8 Å². The lowest BCUT2D eigenvalue weighted by Crippen LogP contribution is -2.30. The number of aliphatic hydroxyl groups excluding tert-OH is 1. The van der Waals surface area contributed by atoms with Gasteiger partial charge in [-0.25, -0.2) is 0 Å². The molecule has 0 saturated heterocycles. The Labute approximate surface area is 124 Å². The van der Waals surface area contributed by atoms with Gasteiger partial charge in [-0.1, -0.05) is 41.9 Å². The van der Waals surface area contributed by atoms with Crippen LogP contribution in [0.3, 0.4) is 0 Å². The molecule has 1 heterocycles. The summed E-state index contributed by atoms with van der Waals surface area (Å²) in [6.45, 7) is 3.62. The van der Waals surface area contributed by atoms with Crippen LogP contribution in [0.1, 0.15) is 29.7 Å². The van der Waals surface area contributed by atoms with Crippen LogP contribution in [0.5, 0.6) is 0 Å². The summed E-state index contributed by atoms with van der Waals surface area (Å²) in [6, 6.07) is 14.4. The first-order valence-corrected chi connectivity index (χ1v) is 7.32. The molecule has 2 aromatic carbocycles. The molecule has 20 heavy (non-hydrogen) atoms. The minimum Gasteiger partial charge on any atom is -0.389 e. The van der Waals surface area contributed by atoms with Gasteiger partial charge >= 0.3 is 0 Å². The molecular formula is C17H18ClNO. The summed E-state index contributed by atoms with van der Waals surface area (Å²) in [7, 11) is 0. The number of anilines is 1. The predicted molar refractivity (Wildman–Crippen MR) is 83.3 cm³/mol. The molecule has 2 nitrogen and oxygen atoms in total. The maximum atomic E-state index is 9.61. The lowest BCUT2D eigenvalue weighted by Gasteiger charge is -2.31. The van der Waals surface area contributed by atoms with Crippen LogP contribution in [0.15, 0.2) is 42.5 Å². The van der Waals surface area contributed by atoms with Crippen LogP contribution in [0, 0.1) is 0 Å². The average molecular weight is 288 g/mol. The number of hydrogen-bond donors (Lipinski definition) is 1. The Morgan fingerprint density at radius 3 is 2.60 bits per heavy atom. The van der Waals surface area contributed by atoms with E-state index in [1.165, 1.54) is 11.1 Å². The van der Waals surface area contributed by atoms with E-state index in [0.29, 0.717) is 5.02 Å². The number of fused-ring (bicyclic) bond motifs is 1. The molecule has 0 spiro atoms. The summed E-state index contributed by atoms with van der Waals surface area (Å²) in [5.41, 5.74) is 4.71. The molecule has 1 aliphatic rings. The first-order chi connectivity index (χ1) is 9.65. The first-order valence-electron chi connectivity index (χ1n) is 6.94. The van der Waals surface area contributed by atoms with Crippen LogP contribution in [0.4, 0.5) is 5.69 Å². The van der Waals surface area contributed by atoms with E-state index in [0.717, 1.165) is 30.8 Å². The molecule has 3 heteroatoms. The molecular weight excluding hydrogens is 270 g/mol. The smallest absolute Gasteiger partial charge is 0.0762 e. The van der Waals surface area contributed by atoms with Gasteiger partial charge < -0.3 is 10.0 Å². The molecule has 0 bridgehead atoms. The third-order valence-corrected chi connectivity index (χ3v) is 4.23. The van der Waals surface area contributed by atoms with E-state index in [1.807, 2.05) is 18.2 Å². The number of hydrogen-bond acceptors (Lipinski definition) is 2. The Hall–Kier alpha value is -1.51. The van der Waals surface area contributed by atoms with Crippen LogP contribution >= 0.6 is 11.6 Å². The molecule has 1 aliphatic heterocycles. The van der Waals surface area contributed by atoms with Gasteiger partial charge in [0, 0.05) is 13.1 Å². The Bertz CT molecular complexity index is 624. The van der Waals surface area contributed by atoms with Gasteiger partial charge in [0.15, 0.2) is 0 Å². The lowest BCUT2D eigenvalue weighted by molar-refractivity contribution is 0.199. The molecule has 0 radical (unpaired) electrons. The van der Waals surface area contributed by atoms with Crippen LogP contribution < -0.4 is 4.90 Å². The quantitative estimate of drug-likeness (QED) is 0.904. The fraction of sp³-hybridized carbons (Fsp3) is 0.294. The van der Waals surface area contributed by atoms with Gasteiger partial charge in [-0.2, -0.15) is 0 Å². The van der Waals surface area contributed by atoms with E-state index in [1.54, 1.807) is 6.92 Å². The first kappa shape index (κ1) is 13.5. The van der Waals surface area contributed by atoms with E-state index >= 15 is 0 Å². The van der Waals surface area contributed by atoms with E-state index in [4.69, 9.17) is 11.6 Å². The summed E-state index contributed by atoms with van der Waals surface area (Å²) < 4.78 is 0. The Kier molecular flexibility index (Phi) is 3.68. The maximum absolute atomic E-state index is 9.61. The highest BCUT2D eigenvalue weighted by molar-refractivity contribution is 6.33. The molecule has 0 saturated carbocycles. The van der Waals surface area contributed by atoms with Crippen LogP contribution in [0.25, 0.3) is 0 Å². The minimum atomic E-state index is -0.483. The second-order valence-corrected chi connectivity index (χ2v) is 5.73. The molecule has 0 aromatic heterocycles. The summed E-state index contributed by atoms with van der Waals surface area (Å²) in [4.78, 5) is 2.30. The van der Waals surface area contributed by atoms with Crippen molar-refractivity contribution >= 4 is 17.3 Å². The van der Waals surface area contributed by atoms with Gasteiger partial charge in [-0.15, -0.1) is 0 Å². The van der Waals surface area contributed by atoms with Gasteiger partial charge in [0.1, 0.15) is 0 Å². The summed E-state index contributed by atoms with van der Waals surface area (Å²) >= 11 is 6.38. The third-order valence-electron chi connectivity index (χ3n) is 3.93. The standard InChI is InChI=1S/C17H18ClNO/c1-12(20)14-6-7-17(16(18)10-14)19-9-8-13-4-2-3-5-15(13)11-19/h2-7,10,12,20H,8-9,11H2,1H3. The van der Waals surface area contributed by atoms with E-state index < -0.39 is 6.10 Å². The molecule has 1 atom stereocenters. The third kappa shape index (κ3) is 2.54. The van der Waals surface area contributed by atoms with Crippen LogP contribution in [-0.2, 0) is 13.0 Å². The number of aliphatic hydroxyl groups is 1. The highest BCUT2D eigenvalue weighted by Gasteiger charge is 2.18. The predicted octanol–water partition coefficient (Wildman–Crippen LogP) is 3.96. The molecule has 1 N–H and O–H groups in total. The van der Waals surface area contributed by atoms with Gasteiger partial charge in [-0.05, 0) is 42.2 Å². The van der Waals surface area contributed by atoms with Crippen molar-refractivity contribution < 1.29 is 5.11 Å². The topological polar surface area (TPSA) is 23.5 Å². The Morgan fingerprint density at radius 2 is 1.90 bits per heavy atom. The van der Waals surface area contributed by atoms with Gasteiger partial charge in [0.2, 0.25) is 0 Å². The highest BCUT2D eigenvalue weighted by atomic mass is 35.5. The summed E-state index contributed by atoms with van der Waals surface area (Å²) in [6.07, 6.45) is 0.564. The van der Waals surface area contributed by atoms with Gasteiger partial charge in [-0.3, -0.25) is 0 Å².